The molecule has 1 saturated carbocycles. The molecule has 1 aliphatic heterocycles. The minimum atomic E-state index is -1.09. The third-order valence-electron chi connectivity index (χ3n) is 8.91. The molecule has 2 aromatic carbocycles. The van der Waals surface area contributed by atoms with Crippen LogP contribution in [0.15, 0.2) is 67.0 Å². The van der Waals surface area contributed by atoms with Crippen molar-refractivity contribution in [2.24, 2.45) is 0 Å². The number of carboxylic acid groups (broad SMARTS) is 1. The van der Waals surface area contributed by atoms with Crippen molar-refractivity contribution >= 4 is 12.0 Å². The van der Waals surface area contributed by atoms with Crippen LogP contribution in [0.2, 0.25) is 0 Å². The number of aliphatic hydroxyl groups is 1. The molecule has 44 heavy (non-hydrogen) atoms. The van der Waals surface area contributed by atoms with Gasteiger partial charge in [-0.2, -0.15) is 0 Å². The summed E-state index contributed by atoms with van der Waals surface area (Å²) < 4.78 is 8.03. The van der Waals surface area contributed by atoms with Crippen molar-refractivity contribution in [3.63, 3.8) is 0 Å². The van der Waals surface area contributed by atoms with Crippen LogP contribution in [0.25, 0.3) is 11.3 Å². The summed E-state index contributed by atoms with van der Waals surface area (Å²) in [5.74, 6) is -0.229. The van der Waals surface area contributed by atoms with Crippen LogP contribution < -0.4 is 0 Å². The Balaban J connectivity index is 1.46. The third kappa shape index (κ3) is 7.31. The Kier molecular flexibility index (Phi) is 10.3. The normalized spacial score (nSPS) is 22.4. The molecule has 0 spiro atoms. The maximum atomic E-state index is 14.4. The summed E-state index contributed by atoms with van der Waals surface area (Å²) in [5, 5.41) is 21.7. The number of hydrogen-bond donors (Lipinski definition) is 2. The summed E-state index contributed by atoms with van der Waals surface area (Å²) in [4.78, 5) is 36.3. The van der Waals surface area contributed by atoms with E-state index in [1.165, 1.54) is 4.90 Å². The Bertz CT molecular complexity index is 1380. The fourth-order valence-electron chi connectivity index (χ4n) is 6.63. The number of imidazole rings is 1. The molecule has 2 N–H and O–H groups in total. The van der Waals surface area contributed by atoms with Crippen LogP contribution in [0.5, 0.6) is 0 Å². The first-order valence-electron chi connectivity index (χ1n) is 15.7. The second-order valence-corrected chi connectivity index (χ2v) is 12.4. The number of hydrogen-bond acceptors (Lipinski definition) is 6. The number of ether oxygens (including phenoxy) is 1. The van der Waals surface area contributed by atoms with Gasteiger partial charge in [0.1, 0.15) is 5.60 Å². The van der Waals surface area contributed by atoms with Crippen molar-refractivity contribution in [3.8, 4) is 11.3 Å². The van der Waals surface area contributed by atoms with Crippen LogP contribution in [-0.4, -0.2) is 112 Å². The molecular weight excluding hydrogens is 558 g/mol. The van der Waals surface area contributed by atoms with Gasteiger partial charge in [-0.15, -0.1) is 0 Å². The van der Waals surface area contributed by atoms with Crippen molar-refractivity contribution in [3.05, 3.63) is 78.2 Å². The molecule has 1 saturated heterocycles. The Hall–Kier alpha value is -3.73. The van der Waals surface area contributed by atoms with E-state index in [1.807, 2.05) is 79.3 Å². The Morgan fingerprint density at radius 1 is 1.05 bits per heavy atom. The van der Waals surface area contributed by atoms with Crippen LogP contribution >= 0.6 is 0 Å². The van der Waals surface area contributed by atoms with E-state index in [-0.39, 0.29) is 44.2 Å². The molecule has 3 aromatic rings. The summed E-state index contributed by atoms with van der Waals surface area (Å²) in [5.41, 5.74) is 1.78. The summed E-state index contributed by atoms with van der Waals surface area (Å²) in [7, 11) is 4.06. The predicted molar refractivity (Wildman–Crippen MR) is 169 cm³/mol. The van der Waals surface area contributed by atoms with Crippen molar-refractivity contribution in [2.45, 2.75) is 56.2 Å². The van der Waals surface area contributed by atoms with Crippen molar-refractivity contribution in [1.82, 2.24) is 24.3 Å². The molecule has 2 fully saturated rings. The SMILES string of the molecule is CN(C)CCCOC[C@@]1(O)CCCC[C@@H]1n1cnc(C(=O)N2CCN(C(=O)O)C[C@H]2Cc2ccccc2)c1-c1ccccc1. The molecule has 2 heterocycles. The zero-order valence-electron chi connectivity index (χ0n) is 25.8. The van der Waals surface area contributed by atoms with Crippen molar-refractivity contribution < 1.29 is 24.5 Å². The van der Waals surface area contributed by atoms with Gasteiger partial charge in [-0.05, 0) is 51.9 Å². The highest BCUT2D eigenvalue weighted by Crippen LogP contribution is 2.41. The first kappa shape index (κ1) is 31.7. The lowest BCUT2D eigenvalue weighted by Gasteiger charge is -2.41. The fourth-order valence-corrected chi connectivity index (χ4v) is 6.63. The topological polar surface area (TPSA) is 111 Å². The van der Waals surface area contributed by atoms with Crippen LogP contribution in [-0.2, 0) is 11.2 Å². The minimum Gasteiger partial charge on any atom is -0.465 e. The molecule has 0 unspecified atom stereocenters. The molecular formula is C34H45N5O5. The molecule has 2 aliphatic rings. The number of piperazine rings is 1. The van der Waals surface area contributed by atoms with Gasteiger partial charge in [0, 0.05) is 31.8 Å². The summed E-state index contributed by atoms with van der Waals surface area (Å²) >= 11 is 0. The number of amides is 2. The van der Waals surface area contributed by atoms with Gasteiger partial charge in [0.15, 0.2) is 5.69 Å². The lowest BCUT2D eigenvalue weighted by molar-refractivity contribution is -0.0996. The fraction of sp³-hybridized carbons (Fsp3) is 0.500. The van der Waals surface area contributed by atoms with Gasteiger partial charge in [-0.25, -0.2) is 9.78 Å². The van der Waals surface area contributed by atoms with E-state index >= 15 is 0 Å². The maximum absolute atomic E-state index is 14.4. The van der Waals surface area contributed by atoms with Crippen LogP contribution in [0.4, 0.5) is 4.79 Å². The summed E-state index contributed by atoms with van der Waals surface area (Å²) in [6.45, 7) is 2.44. The van der Waals surface area contributed by atoms with E-state index in [0.717, 1.165) is 43.4 Å². The van der Waals surface area contributed by atoms with E-state index < -0.39 is 11.7 Å². The van der Waals surface area contributed by atoms with E-state index in [9.17, 15) is 19.8 Å². The van der Waals surface area contributed by atoms with Gasteiger partial charge in [0.2, 0.25) is 0 Å². The summed E-state index contributed by atoms with van der Waals surface area (Å²) in [6.07, 6.45) is 5.35. The minimum absolute atomic E-state index is 0.219. The molecule has 2 amide bonds. The van der Waals surface area contributed by atoms with E-state index in [2.05, 4.69) is 4.90 Å². The molecule has 1 aromatic heterocycles. The van der Waals surface area contributed by atoms with Crippen LogP contribution in [0, 0.1) is 0 Å². The van der Waals surface area contributed by atoms with Gasteiger partial charge < -0.3 is 34.2 Å². The number of benzene rings is 2. The smallest absolute Gasteiger partial charge is 0.407 e. The molecule has 5 rings (SSSR count). The molecule has 0 radical (unpaired) electrons. The second-order valence-electron chi connectivity index (χ2n) is 12.4. The predicted octanol–water partition coefficient (Wildman–Crippen LogP) is 4.41. The quantitative estimate of drug-likeness (QED) is 0.312. The monoisotopic (exact) mass is 603 g/mol. The molecule has 10 nitrogen and oxygen atoms in total. The standard InChI is InChI=1S/C34H45N5O5/c1-36(2)18-11-21-44-24-34(43)17-10-9-16-29(34)39-25-35-30(31(39)27-14-7-4-8-15-27)32(40)38-20-19-37(33(41)42)23-28(38)22-26-12-5-3-6-13-26/h3-8,12-15,25,28-29,43H,9-11,16-24H2,1-2H3,(H,41,42)/t28-,29+,34+/m1/s1. The number of carbonyl (C=O) groups is 2. The Morgan fingerprint density at radius 3 is 2.48 bits per heavy atom. The van der Waals surface area contributed by atoms with Crippen molar-refractivity contribution in [1.29, 1.82) is 0 Å². The van der Waals surface area contributed by atoms with E-state index in [0.29, 0.717) is 30.8 Å². The van der Waals surface area contributed by atoms with Gasteiger partial charge in [0.25, 0.3) is 5.91 Å². The number of nitrogens with zero attached hydrogens (tertiary/aromatic N) is 5. The van der Waals surface area contributed by atoms with E-state index in [4.69, 9.17) is 9.72 Å². The zero-order chi connectivity index (χ0) is 31.1. The van der Waals surface area contributed by atoms with Crippen LogP contribution in [0.1, 0.15) is 54.2 Å². The molecule has 236 valence electrons. The highest BCUT2D eigenvalue weighted by atomic mass is 16.5. The highest BCUT2D eigenvalue weighted by Gasteiger charge is 2.43. The number of aromatic nitrogens is 2. The highest BCUT2D eigenvalue weighted by molar-refractivity contribution is 5.98. The maximum Gasteiger partial charge on any atom is 0.407 e. The molecule has 10 heteroatoms. The van der Waals surface area contributed by atoms with Crippen LogP contribution in [0.3, 0.4) is 0 Å². The average molecular weight is 604 g/mol. The molecule has 3 atom stereocenters. The summed E-state index contributed by atoms with van der Waals surface area (Å²) in [6, 6.07) is 18.9. The second kappa shape index (κ2) is 14.4. The number of carbonyl (C=O) groups excluding carboxylic acids is 1. The van der Waals surface area contributed by atoms with Gasteiger partial charge in [-0.1, -0.05) is 73.5 Å². The van der Waals surface area contributed by atoms with Gasteiger partial charge in [-0.3, -0.25) is 4.79 Å². The lowest BCUT2D eigenvalue weighted by Crippen LogP contribution is -2.57. The molecule has 1 aliphatic carbocycles. The Morgan fingerprint density at radius 2 is 1.77 bits per heavy atom. The average Bonchev–Trinajstić information content (AvgIpc) is 3.46. The van der Waals surface area contributed by atoms with E-state index in [1.54, 1.807) is 11.2 Å². The van der Waals surface area contributed by atoms with Gasteiger partial charge in [0.05, 0.1) is 30.7 Å². The number of rotatable bonds is 11. The van der Waals surface area contributed by atoms with Crippen molar-refractivity contribution in [2.75, 3.05) is 53.5 Å². The van der Waals surface area contributed by atoms with Gasteiger partial charge >= 0.3 is 6.09 Å². The first-order valence-corrected chi connectivity index (χ1v) is 15.7. The lowest BCUT2D eigenvalue weighted by atomic mass is 9.80. The Labute approximate surface area is 259 Å². The zero-order valence-corrected chi connectivity index (χ0v) is 25.8. The largest absolute Gasteiger partial charge is 0.465 e. The molecule has 0 bridgehead atoms. The third-order valence-corrected chi connectivity index (χ3v) is 8.91. The first-order chi connectivity index (χ1) is 21.3.